The van der Waals surface area contributed by atoms with E-state index in [4.69, 9.17) is 26.4 Å². The van der Waals surface area contributed by atoms with Gasteiger partial charge in [-0.25, -0.2) is 0 Å². The number of rotatable bonds is 6. The molecule has 2 heterocycles. The summed E-state index contributed by atoms with van der Waals surface area (Å²) in [5.74, 6) is 1.94. The Morgan fingerprint density at radius 3 is 2.43 bits per heavy atom. The lowest BCUT2D eigenvalue weighted by atomic mass is 10.1. The Hall–Kier alpha value is -2.58. The number of methoxy groups -OCH3 is 3. The van der Waals surface area contributed by atoms with Crippen molar-refractivity contribution in [2.24, 2.45) is 0 Å². The first-order valence-electron chi connectivity index (χ1n) is 9.17. The molecule has 2 aromatic rings. The number of amides is 1. The quantitative estimate of drug-likeness (QED) is 0.711. The number of aromatic nitrogens is 1. The third kappa shape index (κ3) is 4.13. The second kappa shape index (κ2) is 9.07. The van der Waals surface area contributed by atoms with E-state index in [0.717, 1.165) is 25.2 Å². The Labute approximate surface area is 169 Å². The third-order valence-corrected chi connectivity index (χ3v) is 5.37. The number of H-pyrrole nitrogens is 1. The highest BCUT2D eigenvalue weighted by Gasteiger charge is 2.27. The number of nitrogens with one attached hydrogen (secondary N) is 2. The number of hydrogen-bond donors (Lipinski definition) is 2. The normalized spacial score (nSPS) is 14.6. The van der Waals surface area contributed by atoms with Crippen LogP contribution in [0.15, 0.2) is 30.5 Å². The zero-order chi connectivity index (χ0) is 20.1. The van der Waals surface area contributed by atoms with Crippen molar-refractivity contribution in [3.63, 3.8) is 0 Å². The summed E-state index contributed by atoms with van der Waals surface area (Å²) in [7, 11) is 4.85. The lowest BCUT2D eigenvalue weighted by Gasteiger charge is -2.32. The summed E-state index contributed by atoms with van der Waals surface area (Å²) >= 11 is 5.24. The minimum atomic E-state index is -0.00963. The molecule has 2 N–H and O–H groups in total. The van der Waals surface area contributed by atoms with Crippen LogP contribution in [0.2, 0.25) is 0 Å². The van der Waals surface area contributed by atoms with Gasteiger partial charge in [-0.15, -0.1) is 0 Å². The first kappa shape index (κ1) is 20.2. The fourth-order valence-electron chi connectivity index (χ4n) is 3.53. The summed E-state index contributed by atoms with van der Waals surface area (Å²) < 4.78 is 16.9. The maximum Gasteiger partial charge on any atom is 0.257 e. The van der Waals surface area contributed by atoms with Gasteiger partial charge in [-0.1, -0.05) is 12.2 Å². The maximum atomic E-state index is 12.7. The Morgan fingerprint density at radius 2 is 1.82 bits per heavy atom. The molecule has 1 amide bonds. The summed E-state index contributed by atoms with van der Waals surface area (Å²) in [4.78, 5) is 18.9. The molecular formula is C20H26N3O4S+. The third-order valence-electron chi connectivity index (χ3n) is 5.03. The highest BCUT2D eigenvalue weighted by atomic mass is 32.1. The van der Waals surface area contributed by atoms with E-state index in [-0.39, 0.29) is 5.91 Å². The minimum absolute atomic E-state index is 0.00963. The van der Waals surface area contributed by atoms with Crippen LogP contribution >= 0.6 is 12.2 Å². The molecular weight excluding hydrogens is 378 g/mol. The van der Waals surface area contributed by atoms with Crippen LogP contribution in [0.3, 0.4) is 0 Å². The van der Waals surface area contributed by atoms with Crippen LogP contribution in [0.1, 0.15) is 15.9 Å². The van der Waals surface area contributed by atoms with Gasteiger partial charge in [0, 0.05) is 6.20 Å². The zero-order valence-corrected chi connectivity index (χ0v) is 17.2. The van der Waals surface area contributed by atoms with Gasteiger partial charge in [0.2, 0.25) is 5.75 Å². The van der Waals surface area contributed by atoms with E-state index >= 15 is 0 Å². The molecule has 1 aliphatic rings. The van der Waals surface area contributed by atoms with Crippen LogP contribution in [-0.4, -0.2) is 63.3 Å². The molecule has 1 aliphatic heterocycles. The number of ether oxygens (including phenoxy) is 3. The van der Waals surface area contributed by atoms with Gasteiger partial charge >= 0.3 is 0 Å². The molecule has 0 spiro atoms. The van der Waals surface area contributed by atoms with Crippen LogP contribution < -0.4 is 19.1 Å². The number of carbonyl (C=O) groups is 1. The molecule has 0 bridgehead atoms. The van der Waals surface area contributed by atoms with E-state index in [1.54, 1.807) is 39.7 Å². The maximum absolute atomic E-state index is 12.7. The van der Waals surface area contributed by atoms with E-state index in [0.29, 0.717) is 40.5 Å². The topological polar surface area (TPSA) is 68.2 Å². The minimum Gasteiger partial charge on any atom is -0.493 e. The highest BCUT2D eigenvalue weighted by molar-refractivity contribution is 7.71. The Kier molecular flexibility index (Phi) is 6.53. The molecule has 0 atom stereocenters. The van der Waals surface area contributed by atoms with Gasteiger partial charge < -0.3 is 29.0 Å². The van der Waals surface area contributed by atoms with Gasteiger partial charge in [0.1, 0.15) is 11.2 Å². The van der Waals surface area contributed by atoms with Gasteiger partial charge in [-0.3, -0.25) is 4.79 Å². The van der Waals surface area contributed by atoms with Crippen molar-refractivity contribution in [2.75, 3.05) is 47.5 Å². The second-order valence-electron chi connectivity index (χ2n) is 6.63. The summed E-state index contributed by atoms with van der Waals surface area (Å²) in [6.45, 7) is 3.87. The predicted octanol–water partition coefficient (Wildman–Crippen LogP) is 1.31. The Bertz CT molecular complexity index is 891. The molecule has 0 aliphatic carbocycles. The van der Waals surface area contributed by atoms with Gasteiger partial charge in [0.15, 0.2) is 11.5 Å². The van der Waals surface area contributed by atoms with Crippen LogP contribution in [0.25, 0.3) is 0 Å². The smallest absolute Gasteiger partial charge is 0.257 e. The molecule has 1 saturated heterocycles. The Morgan fingerprint density at radius 1 is 1.11 bits per heavy atom. The lowest BCUT2D eigenvalue weighted by molar-refractivity contribution is -0.917. The van der Waals surface area contributed by atoms with E-state index in [1.165, 1.54) is 4.90 Å². The second-order valence-corrected chi connectivity index (χ2v) is 7.03. The van der Waals surface area contributed by atoms with Crippen molar-refractivity contribution in [1.82, 2.24) is 9.88 Å². The van der Waals surface area contributed by atoms with Gasteiger partial charge in [0.05, 0.1) is 58.6 Å². The van der Waals surface area contributed by atoms with Crippen molar-refractivity contribution < 1.29 is 23.9 Å². The number of benzene rings is 1. The standard InChI is InChI=1S/C20H25N3O4S/c1-25-16-7-6-14(17(26-2)18(16)27-3)13-22-9-11-23(12-10-22)20(24)15-5-4-8-21-19(15)28/h4-8H,9-13H2,1-3H3,(H,21,28)/p+1. The molecule has 1 aromatic carbocycles. The average Bonchev–Trinajstić information content (AvgIpc) is 2.73. The van der Waals surface area contributed by atoms with Crippen LogP contribution in [-0.2, 0) is 6.54 Å². The van der Waals surface area contributed by atoms with Gasteiger partial charge in [-0.05, 0) is 24.3 Å². The van der Waals surface area contributed by atoms with E-state index < -0.39 is 0 Å². The van der Waals surface area contributed by atoms with E-state index in [2.05, 4.69) is 4.98 Å². The summed E-state index contributed by atoms with van der Waals surface area (Å²) in [5, 5.41) is 0. The molecule has 8 heteroatoms. The van der Waals surface area contributed by atoms with Crippen LogP contribution in [0, 0.1) is 4.64 Å². The number of quaternary nitrogens is 1. The van der Waals surface area contributed by atoms with Gasteiger partial charge in [0.25, 0.3) is 5.91 Å². The molecule has 3 rings (SSSR count). The number of carbonyl (C=O) groups excluding carboxylic acids is 1. The molecule has 0 radical (unpaired) electrons. The van der Waals surface area contributed by atoms with Crippen molar-refractivity contribution in [3.05, 3.63) is 46.2 Å². The first-order chi connectivity index (χ1) is 13.6. The van der Waals surface area contributed by atoms with Crippen molar-refractivity contribution in [1.29, 1.82) is 0 Å². The Balaban J connectivity index is 1.67. The fourth-order valence-corrected chi connectivity index (χ4v) is 3.76. The largest absolute Gasteiger partial charge is 0.493 e. The first-order valence-corrected chi connectivity index (χ1v) is 9.58. The van der Waals surface area contributed by atoms with Gasteiger partial charge in [-0.2, -0.15) is 0 Å². The summed E-state index contributed by atoms with van der Waals surface area (Å²) in [5.41, 5.74) is 1.61. The van der Waals surface area contributed by atoms with E-state index in [9.17, 15) is 4.79 Å². The average molecular weight is 405 g/mol. The molecule has 1 fully saturated rings. The fraction of sp³-hybridized carbons (Fsp3) is 0.400. The highest BCUT2D eigenvalue weighted by Crippen LogP contribution is 2.39. The number of nitrogens with zero attached hydrogens (tertiary/aromatic N) is 1. The molecule has 150 valence electrons. The van der Waals surface area contributed by atoms with Crippen molar-refractivity contribution >= 4 is 18.1 Å². The number of hydrogen-bond acceptors (Lipinski definition) is 5. The summed E-state index contributed by atoms with van der Waals surface area (Å²) in [6, 6.07) is 7.48. The number of piperazine rings is 1. The monoisotopic (exact) mass is 404 g/mol. The molecule has 1 aromatic heterocycles. The van der Waals surface area contributed by atoms with Crippen molar-refractivity contribution in [3.8, 4) is 17.2 Å². The van der Waals surface area contributed by atoms with E-state index in [1.807, 2.05) is 17.0 Å². The predicted molar refractivity (Wildman–Crippen MR) is 108 cm³/mol. The molecule has 0 unspecified atom stereocenters. The van der Waals surface area contributed by atoms with Crippen molar-refractivity contribution in [2.45, 2.75) is 6.54 Å². The SMILES string of the molecule is COc1ccc(C[NH+]2CCN(C(=O)c3ccc[nH]c3=S)CC2)c(OC)c1OC. The number of aromatic amines is 1. The summed E-state index contributed by atoms with van der Waals surface area (Å²) in [6.07, 6.45) is 1.73. The zero-order valence-electron chi connectivity index (χ0n) is 16.4. The van der Waals surface area contributed by atoms with Crippen LogP contribution in [0.4, 0.5) is 0 Å². The number of pyridine rings is 1. The molecule has 7 nitrogen and oxygen atoms in total. The van der Waals surface area contributed by atoms with Crippen LogP contribution in [0.5, 0.6) is 17.2 Å². The lowest BCUT2D eigenvalue weighted by Crippen LogP contribution is -3.13. The molecule has 0 saturated carbocycles. The molecule has 28 heavy (non-hydrogen) atoms.